The van der Waals surface area contributed by atoms with Crippen molar-refractivity contribution in [3.63, 3.8) is 0 Å². The third-order valence-electron chi connectivity index (χ3n) is 21.3. The molecule has 4 saturated carbocycles. The van der Waals surface area contributed by atoms with Crippen LogP contribution in [0, 0.1) is 56.2 Å². The number of aliphatic hydroxyl groups is 10. The standard InChI is InChI=1S/C54H84O23/c1-22(23(2)71-24(3)57)45(68)70-21-54-26-16-49(4,5)43(42(54)65)73-32(54)17-53(9)25(26)10-11-30-50(6)14-13-31(51(7,20-56)29(50)12-15-52(30,53)8)74-48-40(76-46-36(62)33(59)27(58)19-69-46)38(64)39(41(77-48)44(66)67)75-47-37(63)35(61)34(60)28(18-55)72-47/h10,22-23,26-43,46-48,55-56,58-65H,11-21H2,1-9H3,(H,66,67)/t22?,23?,26?,27-,28-,29-,30-,31+,32+,33+,34-,35+,36-,37-,38+,39+,40-,41+,42-,43+,46+,47+,48-,50+,51-,52-,53-,54+/m1/s1. The molecule has 8 fully saturated rings. The molecule has 438 valence electrons. The number of hydrogen-bond acceptors (Lipinski definition) is 22. The summed E-state index contributed by atoms with van der Waals surface area (Å²) in [7, 11) is 0. The Morgan fingerprint density at radius 2 is 1.43 bits per heavy atom. The van der Waals surface area contributed by atoms with Gasteiger partial charge in [0.25, 0.3) is 0 Å². The maximum Gasteiger partial charge on any atom is 0.335 e. The Bertz CT molecular complexity index is 2230. The van der Waals surface area contributed by atoms with Crippen molar-refractivity contribution in [3.8, 4) is 0 Å². The average molecular weight is 1100 g/mol. The lowest BCUT2D eigenvalue weighted by Crippen LogP contribution is -2.69. The zero-order chi connectivity index (χ0) is 56.4. The van der Waals surface area contributed by atoms with Crippen molar-refractivity contribution in [1.29, 1.82) is 0 Å². The van der Waals surface area contributed by atoms with E-state index in [0.717, 1.165) is 0 Å². The minimum atomic E-state index is -2.09. The number of esters is 2. The molecule has 0 aromatic carbocycles. The van der Waals surface area contributed by atoms with E-state index in [1.165, 1.54) is 12.5 Å². The number of ether oxygens (including phenoxy) is 9. The Kier molecular flexibility index (Phi) is 16.1. The Morgan fingerprint density at radius 3 is 2.08 bits per heavy atom. The van der Waals surface area contributed by atoms with E-state index < -0.39 is 181 Å². The van der Waals surface area contributed by atoms with Crippen LogP contribution in [0.1, 0.15) is 107 Å². The summed E-state index contributed by atoms with van der Waals surface area (Å²) in [6.45, 7) is 15.8. The van der Waals surface area contributed by atoms with E-state index in [0.29, 0.717) is 44.9 Å². The molecule has 0 aromatic heterocycles. The first-order chi connectivity index (χ1) is 36.0. The highest BCUT2D eigenvalue weighted by Gasteiger charge is 2.76. The average Bonchev–Trinajstić information content (AvgIpc) is 3.93. The van der Waals surface area contributed by atoms with Gasteiger partial charge in [-0.15, -0.1) is 0 Å². The normalized spacial score (nSPS) is 51.7. The van der Waals surface area contributed by atoms with Crippen LogP contribution >= 0.6 is 0 Å². The minimum Gasteiger partial charge on any atom is -0.479 e. The molecule has 2 bridgehead atoms. The zero-order valence-corrected chi connectivity index (χ0v) is 45.5. The van der Waals surface area contributed by atoms with Crippen LogP contribution in [0.25, 0.3) is 0 Å². The number of carbonyl (C=O) groups is 3. The fraction of sp³-hybridized carbons (Fsp3) is 0.907. The third-order valence-corrected chi connectivity index (χ3v) is 21.3. The van der Waals surface area contributed by atoms with Gasteiger partial charge in [-0.3, -0.25) is 9.59 Å². The van der Waals surface area contributed by atoms with E-state index >= 15 is 0 Å². The van der Waals surface area contributed by atoms with Crippen LogP contribution < -0.4 is 0 Å². The molecule has 5 aliphatic carbocycles. The van der Waals surface area contributed by atoms with Crippen molar-refractivity contribution in [3.05, 3.63) is 11.6 Å². The molecule has 0 aromatic rings. The molecule has 4 heterocycles. The molecule has 23 nitrogen and oxygen atoms in total. The monoisotopic (exact) mass is 1100 g/mol. The molecule has 3 unspecified atom stereocenters. The number of aliphatic carboxylic acids is 1. The largest absolute Gasteiger partial charge is 0.479 e. The summed E-state index contributed by atoms with van der Waals surface area (Å²) in [6, 6.07) is 0. The lowest BCUT2D eigenvalue weighted by molar-refractivity contribution is -0.387. The second-order valence-corrected chi connectivity index (χ2v) is 25.8. The van der Waals surface area contributed by atoms with Crippen LogP contribution in [-0.4, -0.2) is 217 Å². The van der Waals surface area contributed by atoms with Crippen LogP contribution in [0.2, 0.25) is 0 Å². The number of carboxylic acid groups (broad SMARTS) is 1. The predicted molar refractivity (Wildman–Crippen MR) is 261 cm³/mol. The van der Waals surface area contributed by atoms with Gasteiger partial charge in [-0.1, -0.05) is 53.2 Å². The van der Waals surface area contributed by atoms with E-state index in [2.05, 4.69) is 40.7 Å². The Labute approximate surface area is 448 Å². The van der Waals surface area contributed by atoms with Gasteiger partial charge in [0.15, 0.2) is 25.0 Å². The first-order valence-electron chi connectivity index (χ1n) is 27.4. The molecule has 9 aliphatic rings. The van der Waals surface area contributed by atoms with Crippen molar-refractivity contribution in [2.45, 2.75) is 224 Å². The Morgan fingerprint density at radius 1 is 0.753 bits per heavy atom. The van der Waals surface area contributed by atoms with Crippen molar-refractivity contribution >= 4 is 17.9 Å². The fourth-order valence-electron chi connectivity index (χ4n) is 16.5. The molecule has 0 spiro atoms. The summed E-state index contributed by atoms with van der Waals surface area (Å²) in [5.74, 6) is -3.82. The van der Waals surface area contributed by atoms with Gasteiger partial charge in [0.1, 0.15) is 73.8 Å². The van der Waals surface area contributed by atoms with E-state index in [1.54, 1.807) is 13.8 Å². The van der Waals surface area contributed by atoms with Crippen LogP contribution in [0.5, 0.6) is 0 Å². The smallest absolute Gasteiger partial charge is 0.335 e. The molecule has 77 heavy (non-hydrogen) atoms. The number of carboxylic acids is 1. The van der Waals surface area contributed by atoms with E-state index in [4.69, 9.17) is 42.6 Å². The summed E-state index contributed by atoms with van der Waals surface area (Å²) >= 11 is 0. The van der Waals surface area contributed by atoms with E-state index in [9.17, 15) is 70.6 Å². The summed E-state index contributed by atoms with van der Waals surface area (Å²) in [5.41, 5.74) is -2.40. The molecule has 0 radical (unpaired) electrons. The lowest BCUT2D eigenvalue weighted by Gasteiger charge is -2.71. The van der Waals surface area contributed by atoms with Crippen molar-refractivity contribution in [2.24, 2.45) is 56.2 Å². The van der Waals surface area contributed by atoms with Gasteiger partial charge < -0.3 is 98.8 Å². The predicted octanol–water partition coefficient (Wildman–Crippen LogP) is -0.586. The fourth-order valence-corrected chi connectivity index (χ4v) is 16.5. The van der Waals surface area contributed by atoms with Gasteiger partial charge in [0, 0.05) is 12.3 Å². The van der Waals surface area contributed by atoms with Gasteiger partial charge in [0.2, 0.25) is 0 Å². The summed E-state index contributed by atoms with van der Waals surface area (Å²) in [6.07, 6.45) is -22.8. The number of fused-ring (bicyclic) bond motifs is 7. The van der Waals surface area contributed by atoms with Crippen molar-refractivity contribution < 1.29 is 113 Å². The maximum atomic E-state index is 13.6. The second-order valence-electron chi connectivity index (χ2n) is 25.8. The number of carbonyl (C=O) groups excluding carboxylic acids is 2. The molecule has 0 amide bonds. The van der Waals surface area contributed by atoms with Crippen LogP contribution in [0.4, 0.5) is 0 Å². The highest BCUT2D eigenvalue weighted by Crippen LogP contribution is 2.77. The number of hydrogen-bond donors (Lipinski definition) is 11. The van der Waals surface area contributed by atoms with Gasteiger partial charge in [-0.2, -0.15) is 0 Å². The third kappa shape index (κ3) is 9.25. The van der Waals surface area contributed by atoms with Crippen molar-refractivity contribution in [1.82, 2.24) is 0 Å². The minimum absolute atomic E-state index is 0.0482. The molecule has 11 N–H and O–H groups in total. The number of aliphatic hydroxyl groups excluding tert-OH is 10. The zero-order valence-electron chi connectivity index (χ0n) is 45.5. The van der Waals surface area contributed by atoms with Crippen molar-refractivity contribution in [2.75, 3.05) is 26.4 Å². The van der Waals surface area contributed by atoms with Gasteiger partial charge >= 0.3 is 17.9 Å². The van der Waals surface area contributed by atoms with Crippen LogP contribution in [-0.2, 0) is 57.0 Å². The summed E-state index contributed by atoms with van der Waals surface area (Å²) < 4.78 is 54.3. The van der Waals surface area contributed by atoms with Crippen LogP contribution in [0.15, 0.2) is 11.6 Å². The number of allylic oxidation sites excluding steroid dienone is 2. The Balaban J connectivity index is 0.998. The molecule has 28 atom stereocenters. The molecular weight excluding hydrogens is 1020 g/mol. The molecule has 23 heteroatoms. The topological polar surface area (TPSA) is 357 Å². The first kappa shape index (κ1) is 59.1. The highest BCUT2D eigenvalue weighted by atomic mass is 16.8. The van der Waals surface area contributed by atoms with Crippen LogP contribution in [0.3, 0.4) is 0 Å². The summed E-state index contributed by atoms with van der Waals surface area (Å²) in [4.78, 5) is 38.4. The lowest BCUT2D eigenvalue weighted by atomic mass is 9.33. The van der Waals surface area contributed by atoms with E-state index in [1.807, 2.05) is 6.92 Å². The summed E-state index contributed by atoms with van der Waals surface area (Å²) in [5, 5.41) is 120. The molecule has 4 aliphatic heterocycles. The number of rotatable bonds is 14. The molecule has 9 rings (SSSR count). The second kappa shape index (κ2) is 21.0. The quantitative estimate of drug-likeness (QED) is 0.0588. The maximum absolute atomic E-state index is 13.6. The SMILES string of the molecule is CC(=O)OC(C)C(C)C(=O)OC[C@]12C3CC(C)(C)[C@@H](O[C@H]1C[C@]1(C)C3=CC[C@@H]3[C@@]4(C)CC[C@H](O[C@@H]5O[C@H](C(=O)O)[C@@H](O[C@@H]6O[C@H](CO)[C@@H](O)[C@H](O)[C@H]6O)[C@H](O)[C@H]5O[C@@H]5OC[C@@H](O)[C@H](O)[C@H]5O)[C@](C)(CO)[C@@H]4CC[C@]31C)[C@H]2O. The first-order valence-corrected chi connectivity index (χ1v) is 27.4. The van der Waals surface area contributed by atoms with Gasteiger partial charge in [-0.25, -0.2) is 4.79 Å². The molecular formula is C54H84O23. The van der Waals surface area contributed by atoms with Gasteiger partial charge in [-0.05, 0) is 98.2 Å². The molecule has 4 saturated heterocycles. The Hall–Kier alpha value is -2.53. The van der Waals surface area contributed by atoms with Gasteiger partial charge in [0.05, 0.1) is 55.6 Å². The highest BCUT2D eigenvalue weighted by molar-refractivity contribution is 5.74. The van der Waals surface area contributed by atoms with E-state index in [-0.39, 0.29) is 36.4 Å².